The minimum absolute atomic E-state index is 0.301. The summed E-state index contributed by atoms with van der Waals surface area (Å²) >= 11 is 0. The number of hydrogen-bond donors (Lipinski definition) is 1. The largest absolute Gasteiger partial charge is 0.379 e. The molecule has 3 nitrogen and oxygen atoms in total. The van der Waals surface area contributed by atoms with E-state index in [9.17, 15) is 0 Å². The zero-order valence-corrected chi connectivity index (χ0v) is 11.6. The average molecular weight is 260 g/mol. The van der Waals surface area contributed by atoms with Crippen molar-refractivity contribution < 1.29 is 4.74 Å². The molecule has 1 N–H and O–H groups in total. The van der Waals surface area contributed by atoms with Crippen molar-refractivity contribution in [3.63, 3.8) is 0 Å². The van der Waals surface area contributed by atoms with Crippen molar-refractivity contribution in [1.29, 1.82) is 0 Å². The first-order valence-electron chi connectivity index (χ1n) is 7.45. The molecule has 3 rings (SSSR count). The summed E-state index contributed by atoms with van der Waals surface area (Å²) < 4.78 is 5.51. The number of nitrogens with one attached hydrogen (secondary N) is 1. The number of ether oxygens (including phenoxy) is 1. The van der Waals surface area contributed by atoms with Gasteiger partial charge in [-0.25, -0.2) is 0 Å². The summed E-state index contributed by atoms with van der Waals surface area (Å²) in [5.41, 5.74) is 1.76. The second-order valence-electron chi connectivity index (χ2n) is 5.83. The normalized spacial score (nSPS) is 22.9. The van der Waals surface area contributed by atoms with Gasteiger partial charge in [0, 0.05) is 31.6 Å². The highest BCUT2D eigenvalue weighted by Gasteiger charge is 2.39. The lowest BCUT2D eigenvalue weighted by molar-refractivity contribution is -0.0660. The molecule has 0 aliphatic carbocycles. The Labute approximate surface area is 115 Å². The molecule has 0 unspecified atom stereocenters. The molecule has 2 saturated heterocycles. The second kappa shape index (κ2) is 6.04. The van der Waals surface area contributed by atoms with Crippen LogP contribution in [0.4, 0.5) is 0 Å². The van der Waals surface area contributed by atoms with Crippen molar-refractivity contribution in [1.82, 2.24) is 10.2 Å². The maximum Gasteiger partial charge on any atom is 0.0585 e. The van der Waals surface area contributed by atoms with Gasteiger partial charge >= 0.3 is 0 Å². The molecule has 0 bridgehead atoms. The average Bonchev–Trinajstić information content (AvgIpc) is 2.44. The minimum Gasteiger partial charge on any atom is -0.379 e. The van der Waals surface area contributed by atoms with Gasteiger partial charge in [0.05, 0.1) is 13.2 Å². The summed E-state index contributed by atoms with van der Waals surface area (Å²) in [5, 5.41) is 3.41. The molecule has 0 spiro atoms. The van der Waals surface area contributed by atoms with Crippen LogP contribution in [-0.4, -0.2) is 50.8 Å². The van der Waals surface area contributed by atoms with Crippen molar-refractivity contribution in [3.8, 4) is 0 Å². The molecule has 1 aromatic rings. The van der Waals surface area contributed by atoms with Crippen LogP contribution in [0.25, 0.3) is 0 Å². The van der Waals surface area contributed by atoms with E-state index in [0.29, 0.717) is 5.41 Å². The number of nitrogens with zero attached hydrogens (tertiary/aromatic N) is 1. The molecule has 0 aromatic heterocycles. The smallest absolute Gasteiger partial charge is 0.0585 e. The van der Waals surface area contributed by atoms with Gasteiger partial charge in [-0.1, -0.05) is 30.3 Å². The Kier molecular flexibility index (Phi) is 4.16. The predicted octanol–water partition coefficient (Wildman–Crippen LogP) is 1.64. The molecule has 0 atom stereocenters. The first-order chi connectivity index (χ1) is 9.39. The van der Waals surface area contributed by atoms with E-state index >= 15 is 0 Å². The molecular formula is C16H24N2O. The monoisotopic (exact) mass is 260 g/mol. The summed E-state index contributed by atoms with van der Waals surface area (Å²) in [6, 6.07) is 10.9. The Bertz CT molecular complexity index is 383. The number of piperazine rings is 1. The van der Waals surface area contributed by atoms with Crippen LogP contribution in [0.15, 0.2) is 30.3 Å². The van der Waals surface area contributed by atoms with Gasteiger partial charge in [-0.05, 0) is 24.9 Å². The van der Waals surface area contributed by atoms with E-state index in [1.807, 2.05) is 0 Å². The van der Waals surface area contributed by atoms with Crippen LogP contribution >= 0.6 is 0 Å². The Morgan fingerprint density at radius 2 is 1.84 bits per heavy atom. The highest BCUT2D eigenvalue weighted by atomic mass is 16.5. The van der Waals surface area contributed by atoms with Crippen molar-refractivity contribution >= 4 is 0 Å². The maximum atomic E-state index is 5.51. The van der Waals surface area contributed by atoms with Crippen LogP contribution in [0.5, 0.6) is 0 Å². The molecule has 0 amide bonds. The fourth-order valence-corrected chi connectivity index (χ4v) is 3.17. The maximum absolute atomic E-state index is 5.51. The SMILES string of the molecule is c1ccc(C2(CCCN3CCNCC3)COC2)cc1. The summed E-state index contributed by atoms with van der Waals surface area (Å²) in [6.45, 7) is 7.73. The van der Waals surface area contributed by atoms with E-state index in [4.69, 9.17) is 4.74 Å². The molecule has 1 aromatic carbocycles. The standard InChI is InChI=1S/C16H24N2O/c1-2-5-15(6-3-1)16(13-19-14-16)7-4-10-18-11-8-17-9-12-18/h1-3,5-6,17H,4,7-14H2. The Balaban J connectivity index is 1.52. The quantitative estimate of drug-likeness (QED) is 0.871. The lowest BCUT2D eigenvalue weighted by Gasteiger charge is -2.42. The molecule has 2 fully saturated rings. The zero-order chi connectivity index (χ0) is 13.0. The lowest BCUT2D eigenvalue weighted by atomic mass is 9.75. The highest BCUT2D eigenvalue weighted by Crippen LogP contribution is 2.36. The van der Waals surface area contributed by atoms with Crippen LogP contribution < -0.4 is 5.32 Å². The van der Waals surface area contributed by atoms with Crippen molar-refractivity contribution in [2.75, 3.05) is 45.9 Å². The van der Waals surface area contributed by atoms with Gasteiger partial charge in [0.1, 0.15) is 0 Å². The molecule has 19 heavy (non-hydrogen) atoms. The van der Waals surface area contributed by atoms with Crippen LogP contribution in [0, 0.1) is 0 Å². The van der Waals surface area contributed by atoms with E-state index in [0.717, 1.165) is 26.3 Å². The number of hydrogen-bond acceptors (Lipinski definition) is 3. The second-order valence-corrected chi connectivity index (χ2v) is 5.83. The van der Waals surface area contributed by atoms with Crippen molar-refractivity contribution in [2.24, 2.45) is 0 Å². The van der Waals surface area contributed by atoms with Crippen molar-refractivity contribution in [3.05, 3.63) is 35.9 Å². The van der Waals surface area contributed by atoms with E-state index in [2.05, 4.69) is 40.5 Å². The Hall–Kier alpha value is -0.900. The molecule has 0 saturated carbocycles. The van der Waals surface area contributed by atoms with E-state index in [-0.39, 0.29) is 0 Å². The topological polar surface area (TPSA) is 24.5 Å². The Morgan fingerprint density at radius 1 is 1.11 bits per heavy atom. The third-order valence-corrected chi connectivity index (χ3v) is 4.48. The van der Waals surface area contributed by atoms with Crippen LogP contribution in [0.1, 0.15) is 18.4 Å². The van der Waals surface area contributed by atoms with E-state index in [1.54, 1.807) is 0 Å². The van der Waals surface area contributed by atoms with Gasteiger partial charge in [0.15, 0.2) is 0 Å². The highest BCUT2D eigenvalue weighted by molar-refractivity contribution is 5.27. The summed E-state index contributed by atoms with van der Waals surface area (Å²) in [4.78, 5) is 2.58. The fraction of sp³-hybridized carbons (Fsp3) is 0.625. The van der Waals surface area contributed by atoms with Crippen LogP contribution in [0.3, 0.4) is 0 Å². The zero-order valence-electron chi connectivity index (χ0n) is 11.6. The van der Waals surface area contributed by atoms with Gasteiger partial charge in [0.25, 0.3) is 0 Å². The molecule has 2 aliphatic heterocycles. The van der Waals surface area contributed by atoms with Crippen LogP contribution in [0.2, 0.25) is 0 Å². The number of benzene rings is 1. The minimum atomic E-state index is 0.301. The summed E-state index contributed by atoms with van der Waals surface area (Å²) in [6.07, 6.45) is 2.53. The van der Waals surface area contributed by atoms with Gasteiger partial charge in [-0.15, -0.1) is 0 Å². The molecule has 2 aliphatic rings. The summed E-state index contributed by atoms with van der Waals surface area (Å²) in [7, 11) is 0. The fourth-order valence-electron chi connectivity index (χ4n) is 3.17. The Morgan fingerprint density at radius 3 is 2.47 bits per heavy atom. The van der Waals surface area contributed by atoms with E-state index < -0.39 is 0 Å². The molecular weight excluding hydrogens is 236 g/mol. The molecule has 0 radical (unpaired) electrons. The lowest BCUT2D eigenvalue weighted by Crippen LogP contribution is -2.48. The molecule has 3 heteroatoms. The van der Waals surface area contributed by atoms with Gasteiger partial charge in [-0.2, -0.15) is 0 Å². The van der Waals surface area contributed by atoms with E-state index in [1.165, 1.54) is 38.0 Å². The molecule has 104 valence electrons. The summed E-state index contributed by atoms with van der Waals surface area (Å²) in [5.74, 6) is 0. The molecule has 2 heterocycles. The predicted molar refractivity (Wildman–Crippen MR) is 77.5 cm³/mol. The first kappa shape index (κ1) is 13.1. The number of rotatable bonds is 5. The van der Waals surface area contributed by atoms with Gasteiger partial charge in [0.2, 0.25) is 0 Å². The van der Waals surface area contributed by atoms with Gasteiger partial charge < -0.3 is 15.0 Å². The van der Waals surface area contributed by atoms with Crippen LogP contribution in [-0.2, 0) is 10.2 Å². The van der Waals surface area contributed by atoms with Crippen molar-refractivity contribution in [2.45, 2.75) is 18.3 Å². The third kappa shape index (κ3) is 2.99. The first-order valence-corrected chi connectivity index (χ1v) is 7.45. The van der Waals surface area contributed by atoms with Gasteiger partial charge in [-0.3, -0.25) is 0 Å². The third-order valence-electron chi connectivity index (χ3n) is 4.48.